The van der Waals surface area contributed by atoms with Crippen LogP contribution in [0.25, 0.3) is 0 Å². The van der Waals surface area contributed by atoms with E-state index in [2.05, 4.69) is 4.98 Å². The summed E-state index contributed by atoms with van der Waals surface area (Å²) in [5.41, 5.74) is 3.45. The van der Waals surface area contributed by atoms with Crippen molar-refractivity contribution in [1.29, 1.82) is 0 Å². The molecule has 0 fully saturated rings. The Morgan fingerprint density at radius 3 is 2.18 bits per heavy atom. The Balaban J connectivity index is 1.55. The highest BCUT2D eigenvalue weighted by Gasteiger charge is 2.39. The van der Waals surface area contributed by atoms with Crippen LogP contribution in [0, 0.1) is 0 Å². The Bertz CT molecular complexity index is 1030. The molecule has 1 aromatic heterocycles. The molecular weight excluding hydrogens is 356 g/mol. The molecular formula is C22H18N2O4. The molecule has 6 nitrogen and oxygen atoms in total. The molecule has 0 saturated carbocycles. The molecule has 0 aliphatic carbocycles. The molecule has 0 saturated heterocycles. The van der Waals surface area contributed by atoms with Gasteiger partial charge in [0.15, 0.2) is 0 Å². The van der Waals surface area contributed by atoms with Crippen molar-refractivity contribution in [2.24, 2.45) is 0 Å². The van der Waals surface area contributed by atoms with Crippen LogP contribution >= 0.6 is 0 Å². The second kappa shape index (κ2) is 7.15. The molecule has 2 aromatic carbocycles. The van der Waals surface area contributed by atoms with Crippen LogP contribution in [0.4, 0.5) is 0 Å². The highest BCUT2D eigenvalue weighted by atomic mass is 16.7. The normalized spacial score (nSPS) is 13.0. The van der Waals surface area contributed by atoms with Gasteiger partial charge >= 0.3 is 5.97 Å². The van der Waals surface area contributed by atoms with E-state index in [4.69, 9.17) is 4.84 Å². The number of nitrogens with zero attached hydrogens (tertiary/aromatic N) is 1. The number of hydrogen-bond acceptors (Lipinski definition) is 4. The lowest BCUT2D eigenvalue weighted by Crippen LogP contribution is -2.32. The summed E-state index contributed by atoms with van der Waals surface area (Å²) < 4.78 is 0. The van der Waals surface area contributed by atoms with Crippen molar-refractivity contribution in [2.75, 3.05) is 0 Å². The monoisotopic (exact) mass is 374 g/mol. The quantitative estimate of drug-likeness (QED) is 0.693. The van der Waals surface area contributed by atoms with Crippen molar-refractivity contribution in [3.05, 3.63) is 94.3 Å². The second-order valence-corrected chi connectivity index (χ2v) is 6.53. The Labute approximate surface area is 161 Å². The summed E-state index contributed by atoms with van der Waals surface area (Å²) in [5.74, 6) is -2.00. The molecule has 140 valence electrons. The Morgan fingerprint density at radius 1 is 0.964 bits per heavy atom. The SMILES string of the molecule is CCc1[nH]c(Cc2ccccc2)cc1C(=O)ON1C(=O)c2ccccc2C1=O. The maximum absolute atomic E-state index is 12.7. The van der Waals surface area contributed by atoms with Crippen molar-refractivity contribution in [3.8, 4) is 0 Å². The van der Waals surface area contributed by atoms with E-state index in [1.165, 1.54) is 12.1 Å². The number of amides is 2. The minimum atomic E-state index is -0.734. The molecule has 3 aromatic rings. The van der Waals surface area contributed by atoms with E-state index in [0.717, 1.165) is 11.3 Å². The maximum atomic E-state index is 12.7. The number of aryl methyl sites for hydroxylation is 1. The van der Waals surface area contributed by atoms with Gasteiger partial charge in [0.2, 0.25) is 0 Å². The van der Waals surface area contributed by atoms with Crippen LogP contribution in [0.1, 0.15) is 54.9 Å². The van der Waals surface area contributed by atoms with Gasteiger partial charge in [-0.1, -0.05) is 54.5 Å². The fourth-order valence-electron chi connectivity index (χ4n) is 3.31. The number of benzene rings is 2. The van der Waals surface area contributed by atoms with E-state index in [9.17, 15) is 14.4 Å². The van der Waals surface area contributed by atoms with Gasteiger partial charge < -0.3 is 9.82 Å². The molecule has 2 heterocycles. The number of nitrogens with one attached hydrogen (secondary N) is 1. The number of aromatic amines is 1. The number of aromatic nitrogens is 1. The number of hydroxylamine groups is 2. The van der Waals surface area contributed by atoms with Crippen LogP contribution in [0.5, 0.6) is 0 Å². The third-order valence-electron chi connectivity index (χ3n) is 4.70. The van der Waals surface area contributed by atoms with Crippen LogP contribution < -0.4 is 0 Å². The molecule has 1 aliphatic heterocycles. The minimum absolute atomic E-state index is 0.231. The van der Waals surface area contributed by atoms with Gasteiger partial charge in [0.1, 0.15) is 0 Å². The van der Waals surface area contributed by atoms with Crippen molar-refractivity contribution < 1.29 is 19.2 Å². The first-order valence-corrected chi connectivity index (χ1v) is 9.03. The largest absolute Gasteiger partial charge is 0.365 e. The molecule has 2 amide bonds. The zero-order valence-corrected chi connectivity index (χ0v) is 15.3. The molecule has 0 spiro atoms. The third kappa shape index (κ3) is 3.09. The fraction of sp³-hybridized carbons (Fsp3) is 0.136. The summed E-state index contributed by atoms with van der Waals surface area (Å²) >= 11 is 0. The first kappa shape index (κ1) is 17.7. The highest BCUT2D eigenvalue weighted by Crippen LogP contribution is 2.24. The number of rotatable bonds is 5. The third-order valence-corrected chi connectivity index (χ3v) is 4.70. The van der Waals surface area contributed by atoms with E-state index in [1.807, 2.05) is 37.3 Å². The van der Waals surface area contributed by atoms with Gasteiger partial charge in [-0.3, -0.25) is 9.59 Å². The molecule has 0 atom stereocenters. The summed E-state index contributed by atoms with van der Waals surface area (Å²) in [6, 6.07) is 18.0. The Kier molecular flexibility index (Phi) is 4.53. The lowest BCUT2D eigenvalue weighted by atomic mass is 10.1. The maximum Gasteiger partial charge on any atom is 0.365 e. The summed E-state index contributed by atoms with van der Waals surface area (Å²) in [4.78, 5) is 45.9. The highest BCUT2D eigenvalue weighted by molar-refractivity contribution is 6.21. The number of carbonyl (C=O) groups excluding carboxylic acids is 3. The Hall–Kier alpha value is -3.67. The average Bonchev–Trinajstić information content (AvgIpc) is 3.23. The van der Waals surface area contributed by atoms with Gasteiger partial charge in [-0.05, 0) is 30.2 Å². The minimum Gasteiger partial charge on any atom is -0.361 e. The lowest BCUT2D eigenvalue weighted by Gasteiger charge is -2.12. The number of carbonyl (C=O) groups is 3. The number of hydrogen-bond donors (Lipinski definition) is 1. The van der Waals surface area contributed by atoms with Gasteiger partial charge in [0.25, 0.3) is 11.8 Å². The molecule has 28 heavy (non-hydrogen) atoms. The van der Waals surface area contributed by atoms with Gasteiger partial charge in [0, 0.05) is 17.8 Å². The van der Waals surface area contributed by atoms with E-state index in [1.54, 1.807) is 18.2 Å². The summed E-state index contributed by atoms with van der Waals surface area (Å²) in [5, 5.41) is 0.538. The van der Waals surface area contributed by atoms with Crippen LogP contribution in [-0.2, 0) is 17.7 Å². The molecule has 0 unspecified atom stereocenters. The molecule has 4 rings (SSSR count). The standard InChI is InChI=1S/C22H18N2O4/c1-2-19-18(13-15(23-19)12-14-8-4-3-5-9-14)22(27)28-24-20(25)16-10-6-7-11-17(16)21(24)26/h3-11,13,23H,2,12H2,1H3. The predicted molar refractivity (Wildman–Crippen MR) is 102 cm³/mol. The van der Waals surface area contributed by atoms with Gasteiger partial charge in [-0.2, -0.15) is 0 Å². The molecule has 0 bridgehead atoms. The van der Waals surface area contributed by atoms with E-state index in [-0.39, 0.29) is 11.1 Å². The summed E-state index contributed by atoms with van der Waals surface area (Å²) in [6.07, 6.45) is 1.22. The van der Waals surface area contributed by atoms with Gasteiger partial charge in [-0.15, -0.1) is 0 Å². The molecule has 6 heteroatoms. The van der Waals surface area contributed by atoms with Crippen molar-refractivity contribution in [1.82, 2.24) is 10.0 Å². The molecule has 0 radical (unpaired) electrons. The molecule has 1 N–H and O–H groups in total. The Morgan fingerprint density at radius 2 is 1.57 bits per heavy atom. The van der Waals surface area contributed by atoms with Crippen LogP contribution in [0.15, 0.2) is 60.7 Å². The summed E-state index contributed by atoms with van der Waals surface area (Å²) in [6.45, 7) is 1.91. The van der Waals surface area contributed by atoms with Gasteiger partial charge in [-0.25, -0.2) is 4.79 Å². The number of H-pyrrole nitrogens is 1. The van der Waals surface area contributed by atoms with Crippen molar-refractivity contribution in [2.45, 2.75) is 19.8 Å². The number of imide groups is 1. The summed E-state index contributed by atoms with van der Waals surface area (Å²) in [7, 11) is 0. The van der Waals surface area contributed by atoms with E-state index in [0.29, 0.717) is 29.2 Å². The second-order valence-electron chi connectivity index (χ2n) is 6.53. The van der Waals surface area contributed by atoms with Gasteiger partial charge in [0.05, 0.1) is 16.7 Å². The van der Waals surface area contributed by atoms with Crippen LogP contribution in [-0.4, -0.2) is 27.8 Å². The molecule has 1 aliphatic rings. The van der Waals surface area contributed by atoms with E-state index < -0.39 is 17.8 Å². The van der Waals surface area contributed by atoms with Crippen molar-refractivity contribution in [3.63, 3.8) is 0 Å². The first-order valence-electron chi connectivity index (χ1n) is 9.03. The average molecular weight is 374 g/mol. The fourth-order valence-corrected chi connectivity index (χ4v) is 3.31. The first-order chi connectivity index (χ1) is 13.6. The van der Waals surface area contributed by atoms with Crippen molar-refractivity contribution >= 4 is 17.8 Å². The number of fused-ring (bicyclic) bond motifs is 1. The predicted octanol–water partition coefficient (Wildman–Crippen LogP) is 3.54. The van der Waals surface area contributed by atoms with Crippen LogP contribution in [0.2, 0.25) is 0 Å². The smallest absolute Gasteiger partial charge is 0.361 e. The lowest BCUT2D eigenvalue weighted by molar-refractivity contribution is -0.0585. The zero-order valence-electron chi connectivity index (χ0n) is 15.3. The zero-order chi connectivity index (χ0) is 19.7. The van der Waals surface area contributed by atoms with E-state index >= 15 is 0 Å². The van der Waals surface area contributed by atoms with Crippen LogP contribution in [0.3, 0.4) is 0 Å². The topological polar surface area (TPSA) is 79.5 Å².